The average molecular weight is 389 g/mol. The van der Waals surface area contributed by atoms with E-state index < -0.39 is 0 Å². The highest BCUT2D eigenvalue weighted by molar-refractivity contribution is 6.01. The highest BCUT2D eigenvalue weighted by atomic mass is 16.5. The van der Waals surface area contributed by atoms with Crippen LogP contribution < -0.4 is 4.74 Å². The highest BCUT2D eigenvalue weighted by Gasteiger charge is 2.35. The summed E-state index contributed by atoms with van der Waals surface area (Å²) in [7, 11) is 3.51. The number of nitrogens with zero attached hydrogens (tertiary/aromatic N) is 4. The molecule has 2 heterocycles. The number of carbonyl (C=O) groups is 2. The number of hydrogen-bond acceptors (Lipinski definition) is 4. The molecule has 0 aliphatic carbocycles. The van der Waals surface area contributed by atoms with Crippen molar-refractivity contribution in [2.45, 2.75) is 13.1 Å². The molecule has 29 heavy (non-hydrogen) atoms. The predicted molar refractivity (Wildman–Crippen MR) is 107 cm³/mol. The average Bonchev–Trinajstić information content (AvgIpc) is 3.27. The molecule has 7 nitrogen and oxygen atoms in total. The van der Waals surface area contributed by atoms with Gasteiger partial charge >= 0.3 is 6.03 Å². The molecule has 0 spiro atoms. The molecule has 1 fully saturated rings. The fourth-order valence-electron chi connectivity index (χ4n) is 3.32. The molecular weight excluding hydrogens is 368 g/mol. The molecule has 1 aliphatic heterocycles. The monoisotopic (exact) mass is 389 g/mol. The van der Waals surface area contributed by atoms with Gasteiger partial charge < -0.3 is 14.2 Å². The van der Waals surface area contributed by atoms with Gasteiger partial charge in [0.1, 0.15) is 12.3 Å². The van der Waals surface area contributed by atoms with E-state index in [-0.39, 0.29) is 25.0 Å². The van der Waals surface area contributed by atoms with Gasteiger partial charge in [0.15, 0.2) is 0 Å². The fourth-order valence-corrected chi connectivity index (χ4v) is 3.32. The molecule has 3 aromatic rings. The first-order valence-corrected chi connectivity index (χ1v) is 9.24. The Morgan fingerprint density at radius 1 is 1.10 bits per heavy atom. The van der Waals surface area contributed by atoms with Crippen molar-refractivity contribution in [3.8, 4) is 17.0 Å². The van der Waals surface area contributed by atoms with E-state index in [1.54, 1.807) is 18.3 Å². The zero-order valence-corrected chi connectivity index (χ0v) is 16.3. The van der Waals surface area contributed by atoms with Gasteiger partial charge in [-0.3, -0.25) is 9.69 Å². The summed E-state index contributed by atoms with van der Waals surface area (Å²) in [5.74, 6) is 0.539. The normalized spacial score (nSPS) is 14.0. The summed E-state index contributed by atoms with van der Waals surface area (Å²) in [4.78, 5) is 32.4. The lowest BCUT2D eigenvalue weighted by atomic mass is 10.1. The van der Waals surface area contributed by atoms with Crippen molar-refractivity contribution >= 4 is 11.9 Å². The number of ether oxygens (including phenoxy) is 1. The molecule has 1 saturated heterocycles. The number of aryl methyl sites for hydroxylation is 1. The van der Waals surface area contributed by atoms with Crippen LogP contribution in [-0.4, -0.2) is 44.9 Å². The van der Waals surface area contributed by atoms with Gasteiger partial charge in [0.05, 0.1) is 25.7 Å². The Morgan fingerprint density at radius 2 is 1.90 bits per heavy atom. The van der Waals surface area contributed by atoms with Crippen molar-refractivity contribution in [3.63, 3.8) is 0 Å². The van der Waals surface area contributed by atoms with Crippen molar-refractivity contribution in [1.82, 2.24) is 19.4 Å². The van der Waals surface area contributed by atoms with E-state index in [0.717, 1.165) is 28.1 Å². The zero-order valence-electron chi connectivity index (χ0n) is 16.3. The maximum Gasteiger partial charge on any atom is 0.327 e. The van der Waals surface area contributed by atoms with Gasteiger partial charge in [0.2, 0.25) is 0 Å². The zero-order chi connectivity index (χ0) is 20.4. The predicted octanol–water partition coefficient (Wildman–Crippen LogP) is 2.86. The molecule has 7 heteroatoms. The molecule has 3 amide bonds. The first-order valence-electron chi connectivity index (χ1n) is 9.24. The molecule has 1 aromatic heterocycles. The first-order chi connectivity index (χ1) is 14.0. The number of aromatic nitrogens is 2. The number of hydrogen-bond donors (Lipinski definition) is 0. The molecule has 0 saturated carbocycles. The Labute approximate surface area is 169 Å². The van der Waals surface area contributed by atoms with Crippen LogP contribution in [0.5, 0.6) is 5.75 Å². The molecule has 1 radical (unpaired) electrons. The Hall–Kier alpha value is -3.61. The number of methoxy groups -OCH3 is 1. The smallest absolute Gasteiger partial charge is 0.327 e. The Balaban J connectivity index is 1.46. The lowest BCUT2D eigenvalue weighted by molar-refractivity contribution is -0.125. The lowest BCUT2D eigenvalue weighted by Crippen LogP contribution is -2.32. The Bertz CT molecular complexity index is 1040. The molecule has 0 N–H and O–H groups in total. The second-order valence-electron chi connectivity index (χ2n) is 7.00. The van der Waals surface area contributed by atoms with E-state index in [1.165, 1.54) is 4.90 Å². The Kier molecular flexibility index (Phi) is 5.03. The van der Waals surface area contributed by atoms with Crippen LogP contribution >= 0.6 is 0 Å². The molecular formula is C22H21N4O3. The number of benzene rings is 2. The van der Waals surface area contributed by atoms with Crippen molar-refractivity contribution in [3.05, 3.63) is 72.2 Å². The minimum atomic E-state index is -0.280. The number of carbonyl (C=O) groups excluding carboxylic acids is 2. The van der Waals surface area contributed by atoms with Gasteiger partial charge in [0, 0.05) is 25.4 Å². The van der Waals surface area contributed by atoms with Gasteiger partial charge in [-0.25, -0.2) is 9.78 Å². The van der Waals surface area contributed by atoms with Crippen LogP contribution in [0.4, 0.5) is 4.79 Å². The maximum atomic E-state index is 12.8. The van der Waals surface area contributed by atoms with Crippen molar-refractivity contribution in [2.24, 2.45) is 7.05 Å². The quantitative estimate of drug-likeness (QED) is 0.608. The maximum absolute atomic E-state index is 12.8. The van der Waals surface area contributed by atoms with Crippen LogP contribution in [-0.2, 0) is 24.9 Å². The molecule has 1 aliphatic rings. The largest absolute Gasteiger partial charge is 0.497 e. The third-order valence-corrected chi connectivity index (χ3v) is 4.85. The molecule has 2 aromatic carbocycles. The molecule has 0 unspecified atom stereocenters. The van der Waals surface area contributed by atoms with Crippen LogP contribution in [0.3, 0.4) is 0 Å². The molecule has 0 bridgehead atoms. The minimum absolute atomic E-state index is 0.0759. The molecule has 147 valence electrons. The third kappa shape index (κ3) is 3.99. The summed E-state index contributed by atoms with van der Waals surface area (Å²) in [6.45, 7) is 0.685. The van der Waals surface area contributed by atoms with Crippen LogP contribution in [0.25, 0.3) is 11.3 Å². The highest BCUT2D eigenvalue weighted by Crippen LogP contribution is 2.22. The number of amides is 3. The SMILES string of the molecule is COc1ccc(CN2C(=O)CN(Cc3cc[c]c(-c4cn(C)cn4)c3)C2=O)cc1. The van der Waals surface area contributed by atoms with Crippen molar-refractivity contribution < 1.29 is 14.3 Å². The summed E-state index contributed by atoms with van der Waals surface area (Å²) >= 11 is 0. The standard InChI is InChI=1S/C22H21N4O3/c1-24-13-20(23-15-24)18-5-3-4-17(10-18)11-25-14-21(27)26(22(25)28)12-16-6-8-19(29-2)9-7-16/h3-4,6-10,13,15H,11-12,14H2,1-2H3. The van der Waals surface area contributed by atoms with Gasteiger partial charge in [-0.2, -0.15) is 0 Å². The topological polar surface area (TPSA) is 67.7 Å². The first kappa shape index (κ1) is 18.7. The van der Waals surface area contributed by atoms with Gasteiger partial charge in [0.25, 0.3) is 5.91 Å². The summed E-state index contributed by atoms with van der Waals surface area (Å²) in [6.07, 6.45) is 3.65. The second-order valence-corrected chi connectivity index (χ2v) is 7.00. The van der Waals surface area contributed by atoms with E-state index in [1.807, 2.05) is 60.3 Å². The number of imidazole rings is 1. The van der Waals surface area contributed by atoms with Crippen LogP contribution in [0, 0.1) is 6.07 Å². The summed E-state index contributed by atoms with van der Waals surface area (Å²) in [6, 6.07) is 15.9. The van der Waals surface area contributed by atoms with Gasteiger partial charge in [-0.05, 0) is 35.4 Å². The van der Waals surface area contributed by atoms with Crippen LogP contribution in [0.15, 0.2) is 55.0 Å². The van der Waals surface area contributed by atoms with E-state index in [9.17, 15) is 9.59 Å². The van der Waals surface area contributed by atoms with Crippen LogP contribution in [0.1, 0.15) is 11.1 Å². The number of imide groups is 1. The minimum Gasteiger partial charge on any atom is -0.497 e. The number of rotatable bonds is 6. The second kappa shape index (κ2) is 7.79. The van der Waals surface area contributed by atoms with Gasteiger partial charge in [-0.1, -0.05) is 24.3 Å². The van der Waals surface area contributed by atoms with E-state index in [4.69, 9.17) is 4.74 Å². The number of urea groups is 1. The third-order valence-electron chi connectivity index (χ3n) is 4.85. The Morgan fingerprint density at radius 3 is 2.59 bits per heavy atom. The summed E-state index contributed by atoms with van der Waals surface area (Å²) in [5, 5.41) is 0. The van der Waals surface area contributed by atoms with E-state index in [2.05, 4.69) is 11.1 Å². The van der Waals surface area contributed by atoms with Gasteiger partial charge in [-0.15, -0.1) is 0 Å². The fraction of sp³-hybridized carbons (Fsp3) is 0.227. The molecule has 4 rings (SSSR count). The van der Waals surface area contributed by atoms with Crippen molar-refractivity contribution in [1.29, 1.82) is 0 Å². The van der Waals surface area contributed by atoms with E-state index in [0.29, 0.717) is 6.54 Å². The lowest BCUT2D eigenvalue weighted by Gasteiger charge is -2.17. The molecule has 0 atom stereocenters. The summed E-state index contributed by atoms with van der Waals surface area (Å²) in [5.41, 5.74) is 3.48. The van der Waals surface area contributed by atoms with Crippen LogP contribution in [0.2, 0.25) is 0 Å². The van der Waals surface area contributed by atoms with Crippen molar-refractivity contribution in [2.75, 3.05) is 13.7 Å². The summed E-state index contributed by atoms with van der Waals surface area (Å²) < 4.78 is 7.01. The van der Waals surface area contributed by atoms with E-state index >= 15 is 0 Å².